The van der Waals surface area contributed by atoms with Gasteiger partial charge in [-0.3, -0.25) is 9.79 Å². The Morgan fingerprint density at radius 2 is 2.22 bits per heavy atom. The van der Waals surface area contributed by atoms with Crippen LogP contribution < -0.4 is 4.90 Å². The lowest BCUT2D eigenvalue weighted by molar-refractivity contribution is -0.143. The molecule has 7 nitrogen and oxygen atoms in total. The summed E-state index contributed by atoms with van der Waals surface area (Å²) >= 11 is 6.10. The van der Waals surface area contributed by atoms with E-state index >= 15 is 0 Å². The molecule has 0 bridgehead atoms. The van der Waals surface area contributed by atoms with Crippen LogP contribution in [0.3, 0.4) is 0 Å². The molecule has 2 aliphatic heterocycles. The summed E-state index contributed by atoms with van der Waals surface area (Å²) in [5, 5.41) is 0.205. The quantitative estimate of drug-likeness (QED) is 0.604. The zero-order chi connectivity index (χ0) is 16.2. The van der Waals surface area contributed by atoms with Crippen LogP contribution in [0.5, 0.6) is 0 Å². The monoisotopic (exact) mass is 338 g/mol. The van der Waals surface area contributed by atoms with Gasteiger partial charge in [0.1, 0.15) is 5.69 Å². The number of aliphatic imine (C=N–C) groups is 1. The van der Waals surface area contributed by atoms with Gasteiger partial charge < -0.3 is 14.4 Å². The molecule has 0 aromatic carbocycles. The number of hydrogen-bond acceptors (Lipinski definition) is 7. The summed E-state index contributed by atoms with van der Waals surface area (Å²) in [6.07, 6.45) is 2.75. The number of hydrogen-bond donors (Lipinski definition) is 0. The Kier molecular flexibility index (Phi) is 5.07. The van der Waals surface area contributed by atoms with E-state index in [-0.39, 0.29) is 17.2 Å². The number of rotatable bonds is 5. The third kappa shape index (κ3) is 3.61. The fourth-order valence-corrected chi connectivity index (χ4v) is 2.93. The molecule has 0 radical (unpaired) electrons. The Morgan fingerprint density at radius 3 is 2.96 bits per heavy atom. The maximum Gasteiger partial charge on any atom is 0.305 e. The minimum atomic E-state index is -0.206. The average Bonchev–Trinajstić information content (AvgIpc) is 2.96. The van der Waals surface area contributed by atoms with Crippen molar-refractivity contribution in [1.29, 1.82) is 0 Å². The molecule has 1 atom stereocenters. The summed E-state index contributed by atoms with van der Waals surface area (Å²) < 4.78 is 10.3. The van der Waals surface area contributed by atoms with Crippen LogP contribution in [0.4, 0.5) is 11.5 Å². The summed E-state index contributed by atoms with van der Waals surface area (Å²) in [6, 6.07) is 0. The molecule has 1 saturated heterocycles. The van der Waals surface area contributed by atoms with Gasteiger partial charge in [-0.05, 0) is 24.9 Å². The van der Waals surface area contributed by atoms with E-state index in [1.807, 2.05) is 6.21 Å². The van der Waals surface area contributed by atoms with Gasteiger partial charge in [0, 0.05) is 31.6 Å². The maximum atomic E-state index is 11.5. The molecule has 0 spiro atoms. The van der Waals surface area contributed by atoms with Gasteiger partial charge in [0.15, 0.2) is 5.82 Å². The van der Waals surface area contributed by atoms with E-state index in [9.17, 15) is 4.79 Å². The van der Waals surface area contributed by atoms with Crippen molar-refractivity contribution >= 4 is 35.3 Å². The predicted molar refractivity (Wildman–Crippen MR) is 86.8 cm³/mol. The van der Waals surface area contributed by atoms with E-state index in [0.717, 1.165) is 30.3 Å². The molecule has 0 amide bonds. The number of fused-ring (bicyclic) bond motifs is 1. The molecular formula is C15H19ClN4O3. The summed E-state index contributed by atoms with van der Waals surface area (Å²) in [5.74, 6) is 0.510. The van der Waals surface area contributed by atoms with Crippen molar-refractivity contribution in [3.05, 3.63) is 11.0 Å². The van der Waals surface area contributed by atoms with Crippen molar-refractivity contribution in [3.63, 3.8) is 0 Å². The van der Waals surface area contributed by atoms with Crippen molar-refractivity contribution < 1.29 is 14.3 Å². The number of carbonyl (C=O) groups excluding carboxylic acids is 1. The molecule has 1 aromatic rings. The number of halogens is 1. The largest absolute Gasteiger partial charge is 0.466 e. The first-order chi connectivity index (χ1) is 11.2. The van der Waals surface area contributed by atoms with Gasteiger partial charge in [-0.25, -0.2) is 4.98 Å². The van der Waals surface area contributed by atoms with Crippen molar-refractivity contribution in [3.8, 4) is 0 Å². The van der Waals surface area contributed by atoms with E-state index in [4.69, 9.17) is 21.1 Å². The number of anilines is 1. The number of esters is 1. The van der Waals surface area contributed by atoms with Crippen LogP contribution >= 0.6 is 11.6 Å². The molecule has 3 rings (SSSR count). The van der Waals surface area contributed by atoms with Crippen LogP contribution in [0.1, 0.15) is 31.4 Å². The second-order valence-corrected chi connectivity index (χ2v) is 5.72. The first-order valence-electron chi connectivity index (χ1n) is 7.79. The third-order valence-electron chi connectivity index (χ3n) is 3.88. The highest BCUT2D eigenvalue weighted by Crippen LogP contribution is 2.40. The number of aromatic nitrogens is 2. The lowest BCUT2D eigenvalue weighted by Gasteiger charge is -2.28. The summed E-state index contributed by atoms with van der Waals surface area (Å²) in [5.41, 5.74) is 1.54. The molecule has 23 heavy (non-hydrogen) atoms. The summed E-state index contributed by atoms with van der Waals surface area (Å²) in [7, 11) is 0. The third-order valence-corrected chi connectivity index (χ3v) is 4.04. The van der Waals surface area contributed by atoms with Crippen LogP contribution in [0, 0.1) is 0 Å². The second kappa shape index (κ2) is 7.23. The molecule has 8 heteroatoms. The zero-order valence-electron chi connectivity index (χ0n) is 13.0. The van der Waals surface area contributed by atoms with Crippen LogP contribution in [0.15, 0.2) is 4.99 Å². The number of carbonyl (C=O) groups is 1. The second-order valence-electron chi connectivity index (χ2n) is 5.38. The fourth-order valence-electron chi connectivity index (χ4n) is 2.76. The normalized spacial score (nSPS) is 19.7. The standard InChI is InChI=1S/C15H19ClN4O3/c1-2-23-11(21)4-3-10-9-17-13-12(10)18-15(16)19-14(13)20-5-7-22-8-6-20/h9-10H,2-8H2,1H3. The molecule has 0 N–H and O–H groups in total. The van der Waals surface area contributed by atoms with Crippen molar-refractivity contribution in [2.45, 2.75) is 25.7 Å². The van der Waals surface area contributed by atoms with Crippen LogP contribution in [0.25, 0.3) is 0 Å². The minimum absolute atomic E-state index is 0.0327. The average molecular weight is 339 g/mol. The van der Waals surface area contributed by atoms with Crippen LogP contribution in [-0.2, 0) is 14.3 Å². The van der Waals surface area contributed by atoms with Crippen LogP contribution in [-0.4, -0.2) is 55.1 Å². The lowest BCUT2D eigenvalue weighted by Crippen LogP contribution is -2.37. The molecular weight excluding hydrogens is 320 g/mol. The van der Waals surface area contributed by atoms with Gasteiger partial charge in [-0.2, -0.15) is 4.98 Å². The van der Waals surface area contributed by atoms with Gasteiger partial charge in [0.2, 0.25) is 5.28 Å². The molecule has 1 fully saturated rings. The Balaban J connectivity index is 1.78. The molecule has 0 aliphatic carbocycles. The Bertz CT molecular complexity index is 617. The van der Waals surface area contributed by atoms with E-state index in [1.54, 1.807) is 6.92 Å². The van der Waals surface area contributed by atoms with E-state index in [2.05, 4.69) is 19.9 Å². The van der Waals surface area contributed by atoms with E-state index < -0.39 is 0 Å². The minimum Gasteiger partial charge on any atom is -0.466 e. The Labute approximate surface area is 139 Å². The SMILES string of the molecule is CCOC(=O)CCC1C=Nc2c1nc(Cl)nc2N1CCOCC1. The topological polar surface area (TPSA) is 76.9 Å². The highest BCUT2D eigenvalue weighted by atomic mass is 35.5. The molecule has 3 heterocycles. The van der Waals surface area contributed by atoms with Gasteiger partial charge in [0.25, 0.3) is 0 Å². The number of morpholine rings is 1. The summed E-state index contributed by atoms with van der Waals surface area (Å²) in [6.45, 7) is 5.01. The van der Waals surface area contributed by atoms with E-state index in [1.165, 1.54) is 0 Å². The van der Waals surface area contributed by atoms with Crippen molar-refractivity contribution in [2.24, 2.45) is 4.99 Å². The maximum absolute atomic E-state index is 11.5. The van der Waals surface area contributed by atoms with Gasteiger partial charge in [-0.15, -0.1) is 0 Å². The molecule has 1 aromatic heterocycles. The first kappa shape index (κ1) is 16.1. The first-order valence-corrected chi connectivity index (χ1v) is 8.16. The molecule has 2 aliphatic rings. The fraction of sp³-hybridized carbons (Fsp3) is 0.600. The predicted octanol–water partition coefficient (Wildman–Crippen LogP) is 2.11. The number of ether oxygens (including phenoxy) is 2. The zero-order valence-corrected chi connectivity index (χ0v) is 13.8. The van der Waals surface area contributed by atoms with Gasteiger partial charge in [0.05, 0.1) is 25.5 Å². The molecule has 124 valence electrons. The van der Waals surface area contributed by atoms with E-state index in [0.29, 0.717) is 32.7 Å². The Hall–Kier alpha value is -1.73. The summed E-state index contributed by atoms with van der Waals surface area (Å²) in [4.78, 5) is 26.8. The van der Waals surface area contributed by atoms with Crippen molar-refractivity contribution in [2.75, 3.05) is 37.8 Å². The van der Waals surface area contributed by atoms with Gasteiger partial charge in [-0.1, -0.05) is 0 Å². The van der Waals surface area contributed by atoms with Crippen LogP contribution in [0.2, 0.25) is 5.28 Å². The smallest absolute Gasteiger partial charge is 0.305 e. The molecule has 0 saturated carbocycles. The van der Waals surface area contributed by atoms with Crippen molar-refractivity contribution in [1.82, 2.24) is 9.97 Å². The molecule has 1 unspecified atom stereocenters. The van der Waals surface area contributed by atoms with Gasteiger partial charge >= 0.3 is 5.97 Å². The lowest BCUT2D eigenvalue weighted by atomic mass is 10.0. The Morgan fingerprint density at radius 1 is 1.43 bits per heavy atom. The highest BCUT2D eigenvalue weighted by Gasteiger charge is 2.28. The highest BCUT2D eigenvalue weighted by molar-refractivity contribution is 6.28. The number of nitrogens with zero attached hydrogens (tertiary/aromatic N) is 4.